The van der Waals surface area contributed by atoms with Crippen molar-refractivity contribution in [3.63, 3.8) is 0 Å². The van der Waals surface area contributed by atoms with Crippen molar-refractivity contribution in [1.29, 1.82) is 0 Å². The summed E-state index contributed by atoms with van der Waals surface area (Å²) in [4.78, 5) is 0. The molecule has 5 rings (SSSR count). The highest BCUT2D eigenvalue weighted by atomic mass is 16.5. The predicted octanol–water partition coefficient (Wildman–Crippen LogP) is 2.62. The van der Waals surface area contributed by atoms with E-state index in [1.165, 1.54) is 17.0 Å². The number of benzene rings is 1. The highest BCUT2D eigenvalue weighted by molar-refractivity contribution is 5.34. The molecule has 95 valence electrons. The first kappa shape index (κ1) is 10.8. The molecule has 1 aromatic rings. The molecular formula is C15H18NO2. The van der Waals surface area contributed by atoms with Crippen molar-refractivity contribution in [2.75, 3.05) is 0 Å². The number of nitrogens with zero attached hydrogens (tertiary/aromatic N) is 1. The fourth-order valence-corrected chi connectivity index (χ4v) is 4.76. The standard InChI is InChI=1S/C15H18NO2/c17-14-3-1-11(2-4-14)15-7-10-5-12(8-15)16(18)13(6-10)9-15/h1-4,10,12-13,17H,5-9H2. The van der Waals surface area contributed by atoms with E-state index in [4.69, 9.17) is 0 Å². The molecule has 4 aliphatic rings. The van der Waals surface area contributed by atoms with Gasteiger partial charge in [0.05, 0.1) is 0 Å². The van der Waals surface area contributed by atoms with Crippen LogP contribution in [0.15, 0.2) is 24.3 Å². The SMILES string of the molecule is [O]N1C2CC3CC1CC(c1ccc(O)cc1)(C3)C2. The Morgan fingerprint density at radius 3 is 2.28 bits per heavy atom. The monoisotopic (exact) mass is 244 g/mol. The Bertz CT molecular complexity index is 454. The van der Waals surface area contributed by atoms with Crippen molar-refractivity contribution >= 4 is 0 Å². The first-order chi connectivity index (χ1) is 8.66. The number of rotatable bonds is 1. The van der Waals surface area contributed by atoms with E-state index in [0.717, 1.165) is 31.6 Å². The average Bonchev–Trinajstić information content (AvgIpc) is 2.35. The Morgan fingerprint density at radius 2 is 1.67 bits per heavy atom. The van der Waals surface area contributed by atoms with Gasteiger partial charge in [0.15, 0.2) is 0 Å². The summed E-state index contributed by atoms with van der Waals surface area (Å²) in [6, 6.07) is 8.15. The van der Waals surface area contributed by atoms with Crippen molar-refractivity contribution < 1.29 is 10.3 Å². The Labute approximate surface area is 107 Å². The fraction of sp³-hybridized carbons (Fsp3) is 0.600. The summed E-state index contributed by atoms with van der Waals surface area (Å²) in [5.41, 5.74) is 1.54. The third kappa shape index (κ3) is 1.38. The number of aromatic hydroxyl groups is 1. The van der Waals surface area contributed by atoms with Crippen LogP contribution in [0.1, 0.15) is 37.7 Å². The van der Waals surface area contributed by atoms with Crippen LogP contribution in [0.3, 0.4) is 0 Å². The van der Waals surface area contributed by atoms with Gasteiger partial charge in [-0.1, -0.05) is 12.1 Å². The molecule has 2 heterocycles. The molecule has 0 aromatic heterocycles. The van der Waals surface area contributed by atoms with Gasteiger partial charge in [-0.25, -0.2) is 0 Å². The van der Waals surface area contributed by atoms with Gasteiger partial charge in [-0.2, -0.15) is 0 Å². The molecule has 3 nitrogen and oxygen atoms in total. The fourth-order valence-electron chi connectivity index (χ4n) is 4.76. The molecular weight excluding hydrogens is 226 g/mol. The first-order valence-corrected chi connectivity index (χ1v) is 6.91. The van der Waals surface area contributed by atoms with Gasteiger partial charge in [0, 0.05) is 12.1 Å². The van der Waals surface area contributed by atoms with Gasteiger partial charge >= 0.3 is 0 Å². The summed E-state index contributed by atoms with van der Waals surface area (Å²) in [5, 5.41) is 22.9. The summed E-state index contributed by atoms with van der Waals surface area (Å²) in [6.45, 7) is 0. The van der Waals surface area contributed by atoms with Crippen LogP contribution in [0.2, 0.25) is 0 Å². The van der Waals surface area contributed by atoms with E-state index in [2.05, 4.69) is 12.1 Å². The number of hydrogen-bond acceptors (Lipinski definition) is 2. The van der Waals surface area contributed by atoms with Crippen molar-refractivity contribution in [3.05, 3.63) is 29.8 Å². The Hall–Kier alpha value is -1.06. The lowest BCUT2D eigenvalue weighted by molar-refractivity contribution is -0.276. The van der Waals surface area contributed by atoms with Crippen molar-refractivity contribution in [2.45, 2.75) is 49.6 Å². The summed E-state index contributed by atoms with van der Waals surface area (Å²) in [7, 11) is 0. The van der Waals surface area contributed by atoms with E-state index >= 15 is 0 Å². The second-order valence-corrected chi connectivity index (χ2v) is 6.44. The maximum atomic E-state index is 12.1. The van der Waals surface area contributed by atoms with E-state index < -0.39 is 0 Å². The normalized spacial score (nSPS) is 42.4. The number of phenolic OH excluding ortho intramolecular Hbond substituents is 1. The zero-order chi connectivity index (χ0) is 12.3. The molecule has 2 unspecified atom stereocenters. The van der Waals surface area contributed by atoms with Gasteiger partial charge in [0.25, 0.3) is 0 Å². The topological polar surface area (TPSA) is 43.4 Å². The van der Waals surface area contributed by atoms with E-state index in [1.54, 1.807) is 12.1 Å². The van der Waals surface area contributed by atoms with Crippen LogP contribution in [0.4, 0.5) is 0 Å². The van der Waals surface area contributed by atoms with Crippen molar-refractivity contribution in [2.24, 2.45) is 5.92 Å². The summed E-state index contributed by atoms with van der Waals surface area (Å²) < 4.78 is 0. The molecule has 2 saturated heterocycles. The Kier molecular flexibility index (Phi) is 2.10. The van der Waals surface area contributed by atoms with Crippen LogP contribution < -0.4 is 0 Å². The van der Waals surface area contributed by atoms with Crippen molar-refractivity contribution in [1.82, 2.24) is 5.06 Å². The van der Waals surface area contributed by atoms with Gasteiger partial charge in [0.1, 0.15) is 5.75 Å². The summed E-state index contributed by atoms with van der Waals surface area (Å²) in [6.07, 6.45) is 5.45. The van der Waals surface area contributed by atoms with Gasteiger partial charge in [-0.15, -0.1) is 10.3 Å². The number of piperidine rings is 2. The highest BCUT2D eigenvalue weighted by Gasteiger charge is 2.55. The molecule has 4 fully saturated rings. The molecule has 1 aromatic carbocycles. The highest BCUT2D eigenvalue weighted by Crippen LogP contribution is 2.56. The van der Waals surface area contributed by atoms with Crippen LogP contribution in [0.25, 0.3) is 0 Å². The van der Waals surface area contributed by atoms with Crippen LogP contribution >= 0.6 is 0 Å². The second-order valence-electron chi connectivity index (χ2n) is 6.44. The molecule has 4 bridgehead atoms. The third-order valence-corrected chi connectivity index (χ3v) is 5.34. The van der Waals surface area contributed by atoms with E-state index in [-0.39, 0.29) is 17.5 Å². The molecule has 3 heteroatoms. The molecule has 2 aliphatic carbocycles. The number of hydrogen-bond donors (Lipinski definition) is 1. The minimum atomic E-state index is 0.213. The number of hydroxylamine groups is 2. The van der Waals surface area contributed by atoms with Gasteiger partial charge in [0.2, 0.25) is 0 Å². The first-order valence-electron chi connectivity index (χ1n) is 6.91. The minimum absolute atomic E-state index is 0.213. The molecule has 1 radical (unpaired) electrons. The molecule has 2 saturated carbocycles. The molecule has 0 spiro atoms. The summed E-state index contributed by atoms with van der Waals surface area (Å²) >= 11 is 0. The van der Waals surface area contributed by atoms with Gasteiger partial charge in [-0.3, -0.25) is 0 Å². The lowest BCUT2D eigenvalue weighted by Gasteiger charge is -2.59. The third-order valence-electron chi connectivity index (χ3n) is 5.34. The predicted molar refractivity (Wildman–Crippen MR) is 66.5 cm³/mol. The summed E-state index contributed by atoms with van der Waals surface area (Å²) in [5.74, 6) is 1.07. The zero-order valence-electron chi connectivity index (χ0n) is 10.4. The molecule has 0 amide bonds. The molecule has 2 atom stereocenters. The van der Waals surface area contributed by atoms with E-state index in [9.17, 15) is 10.3 Å². The minimum Gasteiger partial charge on any atom is -0.508 e. The van der Waals surface area contributed by atoms with Gasteiger partial charge in [-0.05, 0) is 61.1 Å². The lowest BCUT2D eigenvalue weighted by Crippen LogP contribution is -2.61. The van der Waals surface area contributed by atoms with Gasteiger partial charge < -0.3 is 5.11 Å². The maximum Gasteiger partial charge on any atom is 0.115 e. The Morgan fingerprint density at radius 1 is 1.06 bits per heavy atom. The van der Waals surface area contributed by atoms with Crippen molar-refractivity contribution in [3.8, 4) is 5.75 Å². The van der Waals surface area contributed by atoms with E-state index in [0.29, 0.717) is 5.75 Å². The Balaban J connectivity index is 1.74. The zero-order valence-corrected chi connectivity index (χ0v) is 10.4. The average molecular weight is 244 g/mol. The van der Waals surface area contributed by atoms with Crippen LogP contribution in [-0.2, 0) is 10.6 Å². The molecule has 1 N–H and O–H groups in total. The van der Waals surface area contributed by atoms with Crippen LogP contribution in [0, 0.1) is 5.92 Å². The van der Waals surface area contributed by atoms with Crippen LogP contribution in [0.5, 0.6) is 5.75 Å². The molecule has 2 aliphatic heterocycles. The maximum absolute atomic E-state index is 12.1. The molecule has 18 heavy (non-hydrogen) atoms. The largest absolute Gasteiger partial charge is 0.508 e. The van der Waals surface area contributed by atoms with Crippen LogP contribution in [-0.4, -0.2) is 22.3 Å². The quantitative estimate of drug-likeness (QED) is 0.825. The second kappa shape index (κ2) is 3.49. The smallest absolute Gasteiger partial charge is 0.115 e. The lowest BCUT2D eigenvalue weighted by atomic mass is 9.54. The number of phenols is 1. The van der Waals surface area contributed by atoms with E-state index in [1.807, 2.05) is 0 Å².